The fourth-order valence-corrected chi connectivity index (χ4v) is 2.68. The van der Waals surface area contributed by atoms with Crippen LogP contribution in [0.4, 0.5) is 0 Å². The summed E-state index contributed by atoms with van der Waals surface area (Å²) in [6, 6.07) is 0.474. The molecule has 2 heterocycles. The van der Waals surface area contributed by atoms with E-state index in [1.165, 1.54) is 0 Å². The van der Waals surface area contributed by atoms with Crippen molar-refractivity contribution in [3.8, 4) is 0 Å². The van der Waals surface area contributed by atoms with Gasteiger partial charge in [-0.05, 0) is 20.8 Å². The van der Waals surface area contributed by atoms with E-state index in [4.69, 9.17) is 9.47 Å². The highest BCUT2D eigenvalue weighted by Crippen LogP contribution is 2.17. The highest BCUT2D eigenvalue weighted by molar-refractivity contribution is 4.84. The van der Waals surface area contributed by atoms with Crippen LogP contribution in [-0.4, -0.2) is 62.0 Å². The first-order valence-electron chi connectivity index (χ1n) is 6.38. The summed E-state index contributed by atoms with van der Waals surface area (Å²) in [7, 11) is 0. The predicted octanol–water partition coefficient (Wildman–Crippen LogP) is 0.473. The molecule has 4 unspecified atom stereocenters. The van der Waals surface area contributed by atoms with Gasteiger partial charge in [0.1, 0.15) is 0 Å². The van der Waals surface area contributed by atoms with Crippen LogP contribution in [0.2, 0.25) is 0 Å². The van der Waals surface area contributed by atoms with Gasteiger partial charge in [-0.2, -0.15) is 0 Å². The first kappa shape index (κ1) is 12.3. The molecule has 0 aliphatic carbocycles. The summed E-state index contributed by atoms with van der Waals surface area (Å²) >= 11 is 0. The van der Waals surface area contributed by atoms with Crippen LogP contribution in [0.15, 0.2) is 0 Å². The van der Waals surface area contributed by atoms with Crippen molar-refractivity contribution in [2.24, 2.45) is 0 Å². The molecule has 4 heteroatoms. The van der Waals surface area contributed by atoms with E-state index in [2.05, 4.69) is 31.0 Å². The van der Waals surface area contributed by atoms with E-state index in [1.807, 2.05) is 0 Å². The van der Waals surface area contributed by atoms with Gasteiger partial charge in [-0.15, -0.1) is 0 Å². The van der Waals surface area contributed by atoms with Gasteiger partial charge in [0.25, 0.3) is 0 Å². The molecular formula is C12H24N2O2. The van der Waals surface area contributed by atoms with Gasteiger partial charge in [-0.1, -0.05) is 0 Å². The molecule has 1 N–H and O–H groups in total. The maximum atomic E-state index is 5.82. The lowest BCUT2D eigenvalue weighted by atomic mass is 10.1. The molecule has 0 aromatic rings. The van der Waals surface area contributed by atoms with Gasteiger partial charge in [-0.3, -0.25) is 4.90 Å². The Morgan fingerprint density at radius 3 is 2.50 bits per heavy atom. The maximum absolute atomic E-state index is 5.82. The number of hydrogen-bond acceptors (Lipinski definition) is 4. The molecule has 0 saturated carbocycles. The van der Waals surface area contributed by atoms with Gasteiger partial charge in [0.05, 0.1) is 24.9 Å². The quantitative estimate of drug-likeness (QED) is 0.745. The highest BCUT2D eigenvalue weighted by Gasteiger charge is 2.31. The molecule has 16 heavy (non-hydrogen) atoms. The molecular weight excluding hydrogens is 204 g/mol. The molecule has 4 atom stereocenters. The number of hydrogen-bond donors (Lipinski definition) is 1. The number of morpholine rings is 2. The monoisotopic (exact) mass is 228 g/mol. The Bertz CT molecular complexity index is 209. The maximum Gasteiger partial charge on any atom is 0.0852 e. The molecule has 2 fully saturated rings. The molecule has 2 aliphatic heterocycles. The average Bonchev–Trinajstić information content (AvgIpc) is 2.28. The van der Waals surface area contributed by atoms with Crippen LogP contribution in [0.1, 0.15) is 20.8 Å². The smallest absolute Gasteiger partial charge is 0.0852 e. The standard InChI is InChI=1S/C12H24N2O2/c1-9-7-14(8-10(2)16-9)11(3)12-6-13-4-5-15-12/h9-13H,4-8H2,1-3H3. The average molecular weight is 228 g/mol. The van der Waals surface area contributed by atoms with Crippen molar-refractivity contribution in [1.82, 2.24) is 10.2 Å². The number of ether oxygens (including phenoxy) is 2. The topological polar surface area (TPSA) is 33.7 Å². The van der Waals surface area contributed by atoms with Crippen LogP contribution in [0, 0.1) is 0 Å². The van der Waals surface area contributed by atoms with Crippen molar-refractivity contribution in [1.29, 1.82) is 0 Å². The molecule has 4 nitrogen and oxygen atoms in total. The summed E-state index contributed by atoms with van der Waals surface area (Å²) in [5.74, 6) is 0. The Labute approximate surface area is 98.3 Å². The fraction of sp³-hybridized carbons (Fsp3) is 1.00. The lowest BCUT2D eigenvalue weighted by Gasteiger charge is -2.42. The second-order valence-corrected chi connectivity index (χ2v) is 5.07. The number of rotatable bonds is 2. The SMILES string of the molecule is CC1CN(C(C)C2CNCCO2)CC(C)O1. The second kappa shape index (κ2) is 5.45. The Hall–Kier alpha value is -0.160. The first-order chi connectivity index (χ1) is 7.66. The van der Waals surface area contributed by atoms with Crippen molar-refractivity contribution >= 4 is 0 Å². The molecule has 0 spiro atoms. The van der Waals surface area contributed by atoms with Crippen LogP contribution in [0.3, 0.4) is 0 Å². The Morgan fingerprint density at radius 1 is 1.25 bits per heavy atom. The first-order valence-corrected chi connectivity index (χ1v) is 6.38. The van der Waals surface area contributed by atoms with Gasteiger partial charge in [0.15, 0.2) is 0 Å². The van der Waals surface area contributed by atoms with Crippen LogP contribution in [0.25, 0.3) is 0 Å². The van der Waals surface area contributed by atoms with Gasteiger partial charge >= 0.3 is 0 Å². The molecule has 94 valence electrons. The molecule has 2 aliphatic rings. The summed E-state index contributed by atoms with van der Waals surface area (Å²) in [6.45, 7) is 11.4. The fourth-order valence-electron chi connectivity index (χ4n) is 2.68. The van der Waals surface area contributed by atoms with E-state index in [1.54, 1.807) is 0 Å². The van der Waals surface area contributed by atoms with Crippen molar-refractivity contribution in [2.75, 3.05) is 32.8 Å². The molecule has 2 saturated heterocycles. The van der Waals surface area contributed by atoms with Gasteiger partial charge in [0, 0.05) is 32.2 Å². The van der Waals surface area contributed by atoms with E-state index in [0.717, 1.165) is 32.8 Å². The Kier molecular flexibility index (Phi) is 4.19. The Balaban J connectivity index is 1.89. The number of nitrogens with zero attached hydrogens (tertiary/aromatic N) is 1. The zero-order chi connectivity index (χ0) is 11.5. The third kappa shape index (κ3) is 2.94. The lowest BCUT2D eigenvalue weighted by molar-refractivity contribution is -0.105. The summed E-state index contributed by atoms with van der Waals surface area (Å²) in [5.41, 5.74) is 0. The van der Waals surface area contributed by atoms with Crippen molar-refractivity contribution in [2.45, 2.75) is 45.1 Å². The largest absolute Gasteiger partial charge is 0.374 e. The van der Waals surface area contributed by atoms with E-state index in [-0.39, 0.29) is 0 Å². The van der Waals surface area contributed by atoms with E-state index < -0.39 is 0 Å². The predicted molar refractivity (Wildman–Crippen MR) is 63.7 cm³/mol. The van der Waals surface area contributed by atoms with Gasteiger partial charge in [0.2, 0.25) is 0 Å². The van der Waals surface area contributed by atoms with Crippen LogP contribution < -0.4 is 5.32 Å². The number of nitrogens with one attached hydrogen (secondary N) is 1. The summed E-state index contributed by atoms with van der Waals surface area (Å²) in [6.07, 6.45) is 0.997. The summed E-state index contributed by atoms with van der Waals surface area (Å²) in [4.78, 5) is 2.50. The zero-order valence-corrected chi connectivity index (χ0v) is 10.6. The van der Waals surface area contributed by atoms with E-state index in [9.17, 15) is 0 Å². The highest BCUT2D eigenvalue weighted by atomic mass is 16.5. The Morgan fingerprint density at radius 2 is 1.94 bits per heavy atom. The van der Waals surface area contributed by atoms with E-state index >= 15 is 0 Å². The van der Waals surface area contributed by atoms with Gasteiger partial charge in [-0.25, -0.2) is 0 Å². The minimum absolute atomic E-state index is 0.325. The van der Waals surface area contributed by atoms with Crippen molar-refractivity contribution in [3.05, 3.63) is 0 Å². The molecule has 0 radical (unpaired) electrons. The van der Waals surface area contributed by atoms with Gasteiger partial charge < -0.3 is 14.8 Å². The molecule has 0 amide bonds. The van der Waals surface area contributed by atoms with Crippen molar-refractivity contribution in [3.63, 3.8) is 0 Å². The second-order valence-electron chi connectivity index (χ2n) is 5.07. The third-order valence-electron chi connectivity index (χ3n) is 3.52. The summed E-state index contributed by atoms with van der Waals surface area (Å²) < 4.78 is 11.6. The van der Waals surface area contributed by atoms with Crippen LogP contribution in [0.5, 0.6) is 0 Å². The van der Waals surface area contributed by atoms with Crippen LogP contribution >= 0.6 is 0 Å². The third-order valence-corrected chi connectivity index (χ3v) is 3.52. The zero-order valence-electron chi connectivity index (χ0n) is 10.6. The normalized spacial score (nSPS) is 39.6. The molecule has 2 rings (SSSR count). The molecule has 0 bridgehead atoms. The van der Waals surface area contributed by atoms with Crippen molar-refractivity contribution < 1.29 is 9.47 Å². The summed E-state index contributed by atoms with van der Waals surface area (Å²) in [5, 5.41) is 3.39. The lowest BCUT2D eigenvalue weighted by Crippen LogP contribution is -2.56. The molecule has 0 aromatic carbocycles. The van der Waals surface area contributed by atoms with E-state index in [0.29, 0.717) is 24.4 Å². The minimum Gasteiger partial charge on any atom is -0.374 e. The molecule has 0 aromatic heterocycles. The minimum atomic E-state index is 0.325. The van der Waals surface area contributed by atoms with Crippen LogP contribution in [-0.2, 0) is 9.47 Å².